The zero-order chi connectivity index (χ0) is 11.4. The van der Waals surface area contributed by atoms with E-state index in [1.165, 1.54) is 18.5 Å². The summed E-state index contributed by atoms with van der Waals surface area (Å²) in [6, 6.07) is 4.23. The lowest BCUT2D eigenvalue weighted by Gasteiger charge is -2.02. The number of amides is 1. The zero-order valence-corrected chi connectivity index (χ0v) is 9.95. The Hall–Kier alpha value is -1.23. The maximum absolute atomic E-state index is 13.3. The maximum Gasteiger partial charge on any atom is 0.281 e. The standard InChI is InChI=1S/C10H10BrFN2O/c1-14(2)6-13-10(15)8-4-3-7(11)5-9(8)12/h3-6H,1-2H3/b13-6+. The van der Waals surface area contributed by atoms with Gasteiger partial charge in [-0.25, -0.2) is 4.39 Å². The van der Waals surface area contributed by atoms with Gasteiger partial charge in [-0.3, -0.25) is 4.79 Å². The molecule has 0 spiro atoms. The molecule has 3 nitrogen and oxygen atoms in total. The average Bonchev–Trinajstić information content (AvgIpc) is 2.14. The molecule has 1 aromatic carbocycles. The van der Waals surface area contributed by atoms with Crippen molar-refractivity contribution in [2.75, 3.05) is 14.1 Å². The second-order valence-corrected chi connectivity index (χ2v) is 4.05. The molecule has 0 aliphatic heterocycles. The molecule has 0 N–H and O–H groups in total. The van der Waals surface area contributed by atoms with E-state index in [0.29, 0.717) is 4.47 Å². The summed E-state index contributed by atoms with van der Waals surface area (Å²) < 4.78 is 13.9. The Kier molecular flexibility index (Phi) is 3.96. The quantitative estimate of drug-likeness (QED) is 0.612. The molecule has 15 heavy (non-hydrogen) atoms. The number of rotatable bonds is 2. The van der Waals surface area contributed by atoms with Gasteiger partial charge in [-0.15, -0.1) is 0 Å². The average molecular weight is 273 g/mol. The summed E-state index contributed by atoms with van der Waals surface area (Å²) in [6.45, 7) is 0. The highest BCUT2D eigenvalue weighted by atomic mass is 79.9. The molecule has 0 heterocycles. The minimum atomic E-state index is -0.589. The van der Waals surface area contributed by atoms with E-state index in [1.54, 1.807) is 25.1 Å². The van der Waals surface area contributed by atoms with Gasteiger partial charge in [0.05, 0.1) is 11.9 Å². The smallest absolute Gasteiger partial charge is 0.281 e. The lowest BCUT2D eigenvalue weighted by atomic mass is 10.2. The molecule has 0 radical (unpaired) electrons. The first-order valence-corrected chi connectivity index (χ1v) is 5.00. The molecule has 0 bridgehead atoms. The largest absolute Gasteiger partial charge is 0.369 e. The van der Waals surface area contributed by atoms with Crippen LogP contribution < -0.4 is 0 Å². The summed E-state index contributed by atoms with van der Waals surface area (Å²) in [7, 11) is 3.46. The minimum Gasteiger partial charge on any atom is -0.369 e. The lowest BCUT2D eigenvalue weighted by Crippen LogP contribution is -2.10. The van der Waals surface area contributed by atoms with E-state index in [2.05, 4.69) is 20.9 Å². The predicted octanol–water partition coefficient (Wildman–Crippen LogP) is 2.32. The van der Waals surface area contributed by atoms with E-state index in [0.717, 1.165) is 0 Å². The van der Waals surface area contributed by atoms with Crippen LogP contribution in [0.4, 0.5) is 4.39 Å². The van der Waals surface area contributed by atoms with Crippen LogP contribution in [0.15, 0.2) is 27.7 Å². The topological polar surface area (TPSA) is 32.7 Å². The van der Waals surface area contributed by atoms with E-state index >= 15 is 0 Å². The van der Waals surface area contributed by atoms with Crippen molar-refractivity contribution in [3.05, 3.63) is 34.1 Å². The second-order valence-electron chi connectivity index (χ2n) is 3.14. The number of hydrogen-bond donors (Lipinski definition) is 0. The Bertz CT molecular complexity index is 404. The number of nitrogens with zero attached hydrogens (tertiary/aromatic N) is 2. The van der Waals surface area contributed by atoms with Crippen LogP contribution in [-0.2, 0) is 0 Å². The van der Waals surface area contributed by atoms with Crippen LogP contribution in [-0.4, -0.2) is 31.2 Å². The highest BCUT2D eigenvalue weighted by Crippen LogP contribution is 2.15. The molecule has 0 fully saturated rings. The third-order valence-electron chi connectivity index (χ3n) is 1.57. The minimum absolute atomic E-state index is 0.0312. The monoisotopic (exact) mass is 272 g/mol. The van der Waals surface area contributed by atoms with Crippen molar-refractivity contribution in [2.45, 2.75) is 0 Å². The van der Waals surface area contributed by atoms with E-state index in [-0.39, 0.29) is 5.56 Å². The van der Waals surface area contributed by atoms with Gasteiger partial charge in [0.15, 0.2) is 0 Å². The molecule has 80 valence electrons. The zero-order valence-electron chi connectivity index (χ0n) is 8.37. The molecule has 0 aromatic heterocycles. The molecule has 0 aliphatic carbocycles. The fourth-order valence-electron chi connectivity index (χ4n) is 0.900. The molecule has 0 aliphatic rings. The van der Waals surface area contributed by atoms with Crippen molar-refractivity contribution in [3.8, 4) is 0 Å². The number of halogens is 2. The molecule has 5 heteroatoms. The van der Waals surface area contributed by atoms with Gasteiger partial charge in [-0.05, 0) is 18.2 Å². The first kappa shape index (κ1) is 11.8. The van der Waals surface area contributed by atoms with Crippen molar-refractivity contribution in [2.24, 2.45) is 4.99 Å². The van der Waals surface area contributed by atoms with E-state index in [1.807, 2.05) is 0 Å². The summed E-state index contributed by atoms with van der Waals surface area (Å²) in [5, 5.41) is 0. The highest BCUT2D eigenvalue weighted by molar-refractivity contribution is 9.10. The Balaban J connectivity index is 2.92. The van der Waals surface area contributed by atoms with Crippen LogP contribution in [0.5, 0.6) is 0 Å². The lowest BCUT2D eigenvalue weighted by molar-refractivity contribution is 0.0998. The number of hydrogen-bond acceptors (Lipinski definition) is 1. The maximum atomic E-state index is 13.3. The van der Waals surface area contributed by atoms with Crippen molar-refractivity contribution in [1.82, 2.24) is 4.90 Å². The molecule has 1 rings (SSSR count). The molecule has 1 aromatic rings. The Morgan fingerprint density at radius 3 is 2.73 bits per heavy atom. The molecule has 0 atom stereocenters. The van der Waals surface area contributed by atoms with Gasteiger partial charge in [-0.1, -0.05) is 15.9 Å². The molecule has 0 unspecified atom stereocenters. The van der Waals surface area contributed by atoms with Gasteiger partial charge in [0, 0.05) is 18.6 Å². The Morgan fingerprint density at radius 2 is 2.20 bits per heavy atom. The summed E-state index contributed by atoms with van der Waals surface area (Å²) in [6.07, 6.45) is 1.34. The molecule has 0 saturated heterocycles. The van der Waals surface area contributed by atoms with Gasteiger partial charge in [-0.2, -0.15) is 4.99 Å². The van der Waals surface area contributed by atoms with E-state index in [4.69, 9.17) is 0 Å². The van der Waals surface area contributed by atoms with Gasteiger partial charge < -0.3 is 4.90 Å². The van der Waals surface area contributed by atoms with Crippen molar-refractivity contribution in [3.63, 3.8) is 0 Å². The second kappa shape index (κ2) is 5.02. The van der Waals surface area contributed by atoms with Gasteiger partial charge in [0.2, 0.25) is 0 Å². The summed E-state index contributed by atoms with van der Waals surface area (Å²) >= 11 is 3.11. The molecule has 1 amide bonds. The number of aliphatic imine (C=N–C) groups is 1. The number of carbonyl (C=O) groups excluding carboxylic acids is 1. The normalized spacial score (nSPS) is 10.7. The Labute approximate surface area is 95.7 Å². The van der Waals surface area contributed by atoms with E-state index in [9.17, 15) is 9.18 Å². The van der Waals surface area contributed by atoms with Crippen molar-refractivity contribution < 1.29 is 9.18 Å². The highest BCUT2D eigenvalue weighted by Gasteiger charge is 2.09. The van der Waals surface area contributed by atoms with Gasteiger partial charge in [0.25, 0.3) is 5.91 Å². The van der Waals surface area contributed by atoms with Crippen LogP contribution in [0.25, 0.3) is 0 Å². The van der Waals surface area contributed by atoms with Crippen LogP contribution in [0, 0.1) is 5.82 Å². The number of carbonyl (C=O) groups is 1. The summed E-state index contributed by atoms with van der Waals surface area (Å²) in [4.78, 5) is 16.6. The Morgan fingerprint density at radius 1 is 1.53 bits per heavy atom. The molecular formula is C10H10BrFN2O. The third kappa shape index (κ3) is 3.43. The summed E-state index contributed by atoms with van der Waals surface area (Å²) in [5.74, 6) is -1.17. The molecule has 0 saturated carbocycles. The SMILES string of the molecule is CN(C)/C=N/C(=O)c1ccc(Br)cc1F. The van der Waals surface area contributed by atoms with Crippen LogP contribution in [0.3, 0.4) is 0 Å². The van der Waals surface area contributed by atoms with Gasteiger partial charge >= 0.3 is 0 Å². The first-order valence-electron chi connectivity index (χ1n) is 4.20. The van der Waals surface area contributed by atoms with Crippen molar-refractivity contribution in [1.29, 1.82) is 0 Å². The van der Waals surface area contributed by atoms with E-state index < -0.39 is 11.7 Å². The predicted molar refractivity (Wildman–Crippen MR) is 60.6 cm³/mol. The summed E-state index contributed by atoms with van der Waals surface area (Å²) in [5.41, 5.74) is -0.0312. The van der Waals surface area contributed by atoms with Crippen LogP contribution in [0.1, 0.15) is 10.4 Å². The van der Waals surface area contributed by atoms with Crippen LogP contribution >= 0.6 is 15.9 Å². The molecular weight excluding hydrogens is 263 g/mol. The van der Waals surface area contributed by atoms with Crippen LogP contribution in [0.2, 0.25) is 0 Å². The first-order chi connectivity index (χ1) is 7.00. The van der Waals surface area contributed by atoms with Crippen molar-refractivity contribution >= 4 is 28.2 Å². The third-order valence-corrected chi connectivity index (χ3v) is 2.06. The number of benzene rings is 1. The fraction of sp³-hybridized carbons (Fsp3) is 0.200. The fourth-order valence-corrected chi connectivity index (χ4v) is 1.23. The van der Waals surface area contributed by atoms with Gasteiger partial charge in [0.1, 0.15) is 5.82 Å².